The molecule has 0 aromatic heterocycles. The Morgan fingerprint density at radius 2 is 1.53 bits per heavy atom. The summed E-state index contributed by atoms with van der Waals surface area (Å²) in [5, 5.41) is 3.34. The molecule has 2 aliphatic rings. The quantitative estimate of drug-likeness (QED) is 0.475. The van der Waals surface area contributed by atoms with Gasteiger partial charge in [-0.2, -0.15) is 26.3 Å². The Bertz CT molecular complexity index is 1060. The first-order valence-electron chi connectivity index (χ1n) is 11.5. The van der Waals surface area contributed by atoms with Crippen molar-refractivity contribution in [3.05, 3.63) is 53.6 Å². The van der Waals surface area contributed by atoms with Crippen molar-refractivity contribution in [2.75, 3.05) is 44.7 Å². The van der Waals surface area contributed by atoms with Crippen molar-refractivity contribution >= 4 is 23.5 Å². The van der Waals surface area contributed by atoms with Crippen LogP contribution in [0.25, 0.3) is 0 Å². The fraction of sp³-hybridized carbons (Fsp3) is 0.458. The van der Waals surface area contributed by atoms with Crippen LogP contribution in [0.1, 0.15) is 24.0 Å². The molecule has 2 aromatic carbocycles. The third-order valence-electron chi connectivity index (χ3n) is 6.09. The van der Waals surface area contributed by atoms with Gasteiger partial charge >= 0.3 is 18.4 Å². The minimum absolute atomic E-state index is 0.00305. The minimum Gasteiger partial charge on any atom is -0.382 e. The van der Waals surface area contributed by atoms with Crippen LogP contribution in [0.3, 0.4) is 0 Å². The molecule has 5 nitrogen and oxygen atoms in total. The Morgan fingerprint density at radius 3 is 2.17 bits per heavy atom. The van der Waals surface area contributed by atoms with Crippen LogP contribution >= 0.6 is 11.8 Å². The van der Waals surface area contributed by atoms with Gasteiger partial charge in [0.25, 0.3) is 0 Å². The Kier molecular flexibility index (Phi) is 7.93. The summed E-state index contributed by atoms with van der Waals surface area (Å²) in [6, 6.07) is 9.10. The van der Waals surface area contributed by atoms with Gasteiger partial charge in [0.1, 0.15) is 0 Å². The van der Waals surface area contributed by atoms with E-state index in [9.17, 15) is 31.1 Å². The van der Waals surface area contributed by atoms with Crippen LogP contribution in [0.4, 0.5) is 36.8 Å². The molecule has 0 unspecified atom stereocenters. The lowest BCUT2D eigenvalue weighted by molar-refractivity contribution is -0.163. The van der Waals surface area contributed by atoms with Gasteiger partial charge in [-0.05, 0) is 43.2 Å². The fourth-order valence-electron chi connectivity index (χ4n) is 4.33. The lowest BCUT2D eigenvalue weighted by Crippen LogP contribution is -2.51. The summed E-state index contributed by atoms with van der Waals surface area (Å²) in [5.74, 6) is 0. The van der Waals surface area contributed by atoms with Crippen LogP contribution < -0.4 is 5.32 Å². The molecule has 0 radical (unpaired) electrons. The highest BCUT2D eigenvalue weighted by atomic mass is 32.2. The first kappa shape index (κ1) is 26.5. The van der Waals surface area contributed by atoms with Crippen LogP contribution in [0, 0.1) is 0 Å². The van der Waals surface area contributed by atoms with E-state index in [1.54, 1.807) is 29.2 Å². The monoisotopic (exact) mass is 533 g/mol. The van der Waals surface area contributed by atoms with Crippen LogP contribution in [0.2, 0.25) is 0 Å². The number of alkyl halides is 6. The van der Waals surface area contributed by atoms with Crippen molar-refractivity contribution in [1.82, 2.24) is 9.80 Å². The van der Waals surface area contributed by atoms with Crippen LogP contribution in [-0.4, -0.2) is 61.3 Å². The smallest absolute Gasteiger partial charge is 0.382 e. The van der Waals surface area contributed by atoms with Gasteiger partial charge in [-0.1, -0.05) is 23.9 Å². The van der Waals surface area contributed by atoms with Gasteiger partial charge in [-0.3, -0.25) is 0 Å². The number of benzene rings is 2. The van der Waals surface area contributed by atoms with Crippen LogP contribution in [0.15, 0.2) is 52.3 Å². The molecule has 0 spiro atoms. The van der Waals surface area contributed by atoms with Crippen molar-refractivity contribution in [2.45, 2.75) is 41.0 Å². The van der Waals surface area contributed by atoms with Gasteiger partial charge in [0.15, 0.2) is 0 Å². The van der Waals surface area contributed by atoms with Crippen molar-refractivity contribution < 1.29 is 35.9 Å². The number of rotatable bonds is 4. The second-order valence-corrected chi connectivity index (χ2v) is 9.71. The maximum Gasteiger partial charge on any atom is 0.418 e. The zero-order valence-corrected chi connectivity index (χ0v) is 20.0. The number of hydrogen-bond donors (Lipinski definition) is 1. The predicted octanol–water partition coefficient (Wildman–Crippen LogP) is 6.20. The molecule has 0 saturated carbocycles. The molecule has 2 aliphatic heterocycles. The zero-order valence-electron chi connectivity index (χ0n) is 19.2. The SMILES string of the molecule is O=C(N1CCOCC1)N1CCC(Nc2cccc(Sc3cccc(C(F)(F)F)c3C(F)(F)F)c2)CC1. The Balaban J connectivity index is 1.41. The minimum atomic E-state index is -5.16. The fourth-order valence-corrected chi connectivity index (χ4v) is 5.39. The number of nitrogens with one attached hydrogen (secondary N) is 1. The molecular formula is C24H25F6N3O2S. The summed E-state index contributed by atoms with van der Waals surface area (Å²) in [7, 11) is 0. The Morgan fingerprint density at radius 1 is 0.889 bits per heavy atom. The molecule has 12 heteroatoms. The van der Waals surface area contributed by atoms with E-state index in [0.717, 1.165) is 12.1 Å². The molecule has 2 saturated heterocycles. The topological polar surface area (TPSA) is 44.8 Å². The summed E-state index contributed by atoms with van der Waals surface area (Å²) >= 11 is 0.639. The van der Waals surface area contributed by atoms with Crippen molar-refractivity contribution in [3.63, 3.8) is 0 Å². The highest BCUT2D eigenvalue weighted by molar-refractivity contribution is 7.99. The lowest BCUT2D eigenvalue weighted by atomic mass is 10.0. The first-order chi connectivity index (χ1) is 17.0. The molecule has 4 rings (SSSR count). The summed E-state index contributed by atoms with van der Waals surface area (Å²) < 4.78 is 85.8. The second-order valence-electron chi connectivity index (χ2n) is 8.59. The number of carbonyl (C=O) groups excluding carboxylic acids is 1. The average Bonchev–Trinajstić information content (AvgIpc) is 2.83. The average molecular weight is 534 g/mol. The molecule has 2 heterocycles. The molecule has 2 fully saturated rings. The lowest BCUT2D eigenvalue weighted by Gasteiger charge is -2.37. The molecular weight excluding hydrogens is 508 g/mol. The Labute approximate surface area is 208 Å². The number of urea groups is 1. The van der Waals surface area contributed by atoms with E-state index < -0.39 is 28.4 Å². The molecule has 2 aromatic rings. The number of nitrogens with zero attached hydrogens (tertiary/aromatic N) is 2. The second kappa shape index (κ2) is 10.8. The van der Waals surface area contributed by atoms with Crippen LogP contribution in [0.5, 0.6) is 0 Å². The van der Waals surface area contributed by atoms with Crippen molar-refractivity contribution in [1.29, 1.82) is 0 Å². The van der Waals surface area contributed by atoms with Crippen molar-refractivity contribution in [2.24, 2.45) is 0 Å². The number of piperidine rings is 1. The molecule has 1 N–H and O–H groups in total. The summed E-state index contributed by atoms with van der Waals surface area (Å²) in [4.78, 5) is 16.1. The Hall–Kier alpha value is -2.60. The van der Waals surface area contributed by atoms with Crippen LogP contribution in [-0.2, 0) is 17.1 Å². The van der Waals surface area contributed by atoms with E-state index >= 15 is 0 Å². The molecule has 0 bridgehead atoms. The van der Waals surface area contributed by atoms with Gasteiger partial charge in [0, 0.05) is 47.7 Å². The first-order valence-corrected chi connectivity index (χ1v) is 12.3. The summed E-state index contributed by atoms with van der Waals surface area (Å²) in [5.41, 5.74) is -2.73. The predicted molar refractivity (Wildman–Crippen MR) is 123 cm³/mol. The van der Waals surface area contributed by atoms with E-state index in [-0.39, 0.29) is 12.1 Å². The highest BCUT2D eigenvalue weighted by Gasteiger charge is 2.44. The summed E-state index contributed by atoms with van der Waals surface area (Å²) in [6.45, 7) is 3.35. The van der Waals surface area contributed by atoms with E-state index in [2.05, 4.69) is 5.32 Å². The van der Waals surface area contributed by atoms with Gasteiger partial charge in [-0.15, -0.1) is 0 Å². The van der Waals surface area contributed by atoms with Gasteiger partial charge in [-0.25, -0.2) is 4.79 Å². The molecule has 2 amide bonds. The number of carbonyl (C=O) groups is 1. The number of anilines is 1. The normalized spacial score (nSPS) is 17.8. The molecule has 0 atom stereocenters. The molecule has 36 heavy (non-hydrogen) atoms. The number of ether oxygens (including phenoxy) is 1. The van der Waals surface area contributed by atoms with E-state index in [4.69, 9.17) is 4.74 Å². The van der Waals surface area contributed by atoms with E-state index in [1.165, 1.54) is 0 Å². The number of halogens is 6. The van der Waals surface area contributed by atoms with Gasteiger partial charge in [0.2, 0.25) is 0 Å². The van der Waals surface area contributed by atoms with Gasteiger partial charge in [0.05, 0.1) is 24.3 Å². The molecule has 0 aliphatic carbocycles. The largest absolute Gasteiger partial charge is 0.418 e. The highest BCUT2D eigenvalue weighted by Crippen LogP contribution is 2.46. The number of likely N-dealkylation sites (tertiary alicyclic amines) is 1. The standard InChI is InChI=1S/C24H25F6N3O2S/c25-23(26,27)19-5-2-6-20(21(19)24(28,29)30)36-18-4-1-3-17(15-18)31-16-7-9-32(10-8-16)22(34)33-11-13-35-14-12-33/h1-6,15-16,31H,7-14H2. The van der Waals surface area contributed by atoms with Gasteiger partial charge < -0.3 is 19.9 Å². The zero-order chi connectivity index (χ0) is 25.9. The van der Waals surface area contributed by atoms with E-state index in [0.29, 0.717) is 80.6 Å². The number of amides is 2. The van der Waals surface area contributed by atoms with E-state index in [1.807, 2.05) is 4.90 Å². The van der Waals surface area contributed by atoms with Crippen molar-refractivity contribution in [3.8, 4) is 0 Å². The number of hydrogen-bond acceptors (Lipinski definition) is 4. The maximum absolute atomic E-state index is 13.6. The maximum atomic E-state index is 13.6. The third-order valence-corrected chi connectivity index (χ3v) is 7.14. The molecule has 196 valence electrons. The third kappa shape index (κ3) is 6.39. The summed E-state index contributed by atoms with van der Waals surface area (Å²) in [6.07, 6.45) is -8.89. The number of morpholine rings is 1.